The van der Waals surface area contributed by atoms with Gasteiger partial charge >= 0.3 is 0 Å². The summed E-state index contributed by atoms with van der Waals surface area (Å²) in [5.41, 5.74) is 2.23. The summed E-state index contributed by atoms with van der Waals surface area (Å²) >= 11 is 0. The molecule has 3 unspecified atom stereocenters. The van der Waals surface area contributed by atoms with E-state index in [1.807, 2.05) is 0 Å². The van der Waals surface area contributed by atoms with Crippen LogP contribution in [0.25, 0.3) is 0 Å². The van der Waals surface area contributed by atoms with Crippen LogP contribution in [0.3, 0.4) is 0 Å². The molecule has 0 aromatic rings. The summed E-state index contributed by atoms with van der Waals surface area (Å²) in [6.45, 7) is 8.87. The Morgan fingerprint density at radius 2 is 2.25 bits per heavy atom. The maximum atomic E-state index is 4.16. The highest BCUT2D eigenvalue weighted by Gasteiger charge is 2.54. The molecule has 0 spiro atoms. The van der Waals surface area contributed by atoms with Crippen molar-refractivity contribution < 1.29 is 0 Å². The second-order valence-corrected chi connectivity index (χ2v) is 4.83. The Morgan fingerprint density at radius 1 is 1.50 bits per heavy atom. The highest BCUT2D eigenvalue weighted by atomic mass is 14.6. The van der Waals surface area contributed by atoms with Crippen molar-refractivity contribution in [2.45, 2.75) is 46.0 Å². The van der Waals surface area contributed by atoms with Crippen LogP contribution < -0.4 is 0 Å². The quantitative estimate of drug-likeness (QED) is 0.545. The molecule has 0 radical (unpaired) electrons. The molecule has 3 fully saturated rings. The van der Waals surface area contributed by atoms with Gasteiger partial charge < -0.3 is 0 Å². The second-order valence-electron chi connectivity index (χ2n) is 4.83. The van der Waals surface area contributed by atoms with Crippen molar-refractivity contribution in [3.63, 3.8) is 0 Å². The predicted molar refractivity (Wildman–Crippen MR) is 53.0 cm³/mol. The summed E-state index contributed by atoms with van der Waals surface area (Å²) in [7, 11) is 0. The van der Waals surface area contributed by atoms with Gasteiger partial charge in [-0.2, -0.15) is 0 Å². The minimum absolute atomic E-state index is 0.703. The topological polar surface area (TPSA) is 0 Å². The van der Waals surface area contributed by atoms with E-state index in [4.69, 9.17) is 0 Å². The first-order valence-electron chi connectivity index (χ1n) is 5.38. The molecule has 3 aliphatic rings. The van der Waals surface area contributed by atoms with E-state index < -0.39 is 0 Å². The van der Waals surface area contributed by atoms with Gasteiger partial charge in [-0.1, -0.05) is 32.4 Å². The largest absolute Gasteiger partial charge is 0.0998 e. The molecule has 3 aliphatic carbocycles. The lowest BCUT2D eigenvalue weighted by molar-refractivity contribution is -0.0730. The van der Waals surface area contributed by atoms with E-state index >= 15 is 0 Å². The molecule has 3 saturated carbocycles. The van der Waals surface area contributed by atoms with Crippen LogP contribution in [0.15, 0.2) is 12.2 Å². The molecule has 3 atom stereocenters. The van der Waals surface area contributed by atoms with Crippen LogP contribution in [0.1, 0.15) is 46.0 Å². The van der Waals surface area contributed by atoms with Gasteiger partial charge in [-0.15, -0.1) is 0 Å². The standard InChI is InChI=1S/C12H20/c1-4-11-10-6-9(3)7-12(11,5-2)8-10/h10-11H,3-8H2,1-2H3. The van der Waals surface area contributed by atoms with Crippen molar-refractivity contribution in [2.24, 2.45) is 17.3 Å². The lowest BCUT2D eigenvalue weighted by Crippen LogP contribution is -2.51. The maximum absolute atomic E-state index is 4.16. The first-order chi connectivity index (χ1) is 5.72. The molecule has 0 heterocycles. The van der Waals surface area contributed by atoms with Gasteiger partial charge in [0.25, 0.3) is 0 Å². The van der Waals surface area contributed by atoms with Crippen molar-refractivity contribution in [1.29, 1.82) is 0 Å². The third-order valence-electron chi connectivity index (χ3n) is 4.32. The molecule has 68 valence electrons. The van der Waals surface area contributed by atoms with Gasteiger partial charge in [0.2, 0.25) is 0 Å². The predicted octanol–water partition coefficient (Wildman–Crippen LogP) is 3.78. The third kappa shape index (κ3) is 0.901. The van der Waals surface area contributed by atoms with Crippen molar-refractivity contribution in [3.05, 3.63) is 12.2 Å². The van der Waals surface area contributed by atoms with Gasteiger partial charge in [-0.3, -0.25) is 0 Å². The van der Waals surface area contributed by atoms with Crippen LogP contribution in [0, 0.1) is 17.3 Å². The average molecular weight is 164 g/mol. The average Bonchev–Trinajstić information content (AvgIpc) is 2.03. The van der Waals surface area contributed by atoms with E-state index in [0.29, 0.717) is 5.41 Å². The number of hydrogen-bond acceptors (Lipinski definition) is 0. The normalized spacial score (nSPS) is 45.7. The molecule has 2 bridgehead atoms. The van der Waals surface area contributed by atoms with Crippen LogP contribution in [0.5, 0.6) is 0 Å². The zero-order valence-corrected chi connectivity index (χ0v) is 8.40. The molecule has 0 aromatic heterocycles. The van der Waals surface area contributed by atoms with Gasteiger partial charge in [0, 0.05) is 0 Å². The SMILES string of the molecule is C=C1CC2CC(CC)(C1)C2CC. The molecule has 0 N–H and O–H groups in total. The fourth-order valence-electron chi connectivity index (χ4n) is 3.81. The van der Waals surface area contributed by atoms with Crippen LogP contribution >= 0.6 is 0 Å². The van der Waals surface area contributed by atoms with E-state index in [0.717, 1.165) is 11.8 Å². The minimum Gasteiger partial charge on any atom is -0.0998 e. The number of hydrogen-bond donors (Lipinski definition) is 0. The highest BCUT2D eigenvalue weighted by Crippen LogP contribution is 2.63. The summed E-state index contributed by atoms with van der Waals surface area (Å²) in [5.74, 6) is 2.05. The molecule has 0 nitrogen and oxygen atoms in total. The van der Waals surface area contributed by atoms with E-state index in [9.17, 15) is 0 Å². The zero-order chi connectivity index (χ0) is 8.77. The molecule has 0 aliphatic heterocycles. The molecule has 3 rings (SSSR count). The summed E-state index contributed by atoms with van der Waals surface area (Å²) in [5, 5.41) is 0. The van der Waals surface area contributed by atoms with Crippen molar-refractivity contribution >= 4 is 0 Å². The first-order valence-corrected chi connectivity index (χ1v) is 5.38. The lowest BCUT2D eigenvalue weighted by Gasteiger charge is -2.60. The van der Waals surface area contributed by atoms with Crippen LogP contribution in [0.2, 0.25) is 0 Å². The highest BCUT2D eigenvalue weighted by molar-refractivity contribution is 5.17. The van der Waals surface area contributed by atoms with Crippen LogP contribution in [0.4, 0.5) is 0 Å². The molecule has 0 saturated heterocycles. The van der Waals surface area contributed by atoms with Gasteiger partial charge in [-0.25, -0.2) is 0 Å². The Hall–Kier alpha value is -0.260. The summed E-state index contributed by atoms with van der Waals surface area (Å²) < 4.78 is 0. The van der Waals surface area contributed by atoms with E-state index in [1.54, 1.807) is 0 Å². The van der Waals surface area contributed by atoms with E-state index in [-0.39, 0.29) is 0 Å². The van der Waals surface area contributed by atoms with Gasteiger partial charge in [0.05, 0.1) is 0 Å². The van der Waals surface area contributed by atoms with Crippen LogP contribution in [-0.4, -0.2) is 0 Å². The Kier molecular flexibility index (Phi) is 1.82. The van der Waals surface area contributed by atoms with E-state index in [1.165, 1.54) is 37.7 Å². The molecular formula is C12H20. The Morgan fingerprint density at radius 3 is 2.83 bits per heavy atom. The second kappa shape index (κ2) is 2.61. The summed E-state index contributed by atoms with van der Waals surface area (Å²) in [6.07, 6.45) is 6.94. The number of fused-ring (bicyclic) bond motifs is 2. The maximum Gasteiger partial charge on any atom is -0.0229 e. The fourth-order valence-corrected chi connectivity index (χ4v) is 3.81. The molecular weight excluding hydrogens is 144 g/mol. The summed E-state index contributed by atoms with van der Waals surface area (Å²) in [4.78, 5) is 0. The Labute approximate surface area is 76.1 Å². The van der Waals surface area contributed by atoms with Gasteiger partial charge in [-0.05, 0) is 42.9 Å². The smallest absolute Gasteiger partial charge is 0.0229 e. The third-order valence-corrected chi connectivity index (χ3v) is 4.32. The zero-order valence-electron chi connectivity index (χ0n) is 8.40. The number of rotatable bonds is 2. The molecule has 0 aromatic carbocycles. The Bertz CT molecular complexity index is 204. The Balaban J connectivity index is 2.15. The van der Waals surface area contributed by atoms with E-state index in [2.05, 4.69) is 20.4 Å². The summed E-state index contributed by atoms with van der Waals surface area (Å²) in [6, 6.07) is 0. The number of allylic oxidation sites excluding steroid dienone is 1. The lowest BCUT2D eigenvalue weighted by atomic mass is 9.45. The van der Waals surface area contributed by atoms with Crippen molar-refractivity contribution in [1.82, 2.24) is 0 Å². The van der Waals surface area contributed by atoms with Gasteiger partial charge in [0.1, 0.15) is 0 Å². The van der Waals surface area contributed by atoms with Crippen molar-refractivity contribution in [2.75, 3.05) is 0 Å². The fraction of sp³-hybridized carbons (Fsp3) is 0.833. The molecule has 0 heteroatoms. The molecule has 0 amide bonds. The monoisotopic (exact) mass is 164 g/mol. The first kappa shape index (κ1) is 8.34. The van der Waals surface area contributed by atoms with Crippen LogP contribution in [-0.2, 0) is 0 Å². The molecule has 12 heavy (non-hydrogen) atoms. The van der Waals surface area contributed by atoms with Crippen molar-refractivity contribution in [3.8, 4) is 0 Å². The van der Waals surface area contributed by atoms with Gasteiger partial charge in [0.15, 0.2) is 0 Å². The minimum atomic E-state index is 0.703.